The van der Waals surface area contributed by atoms with Crippen LogP contribution in [0, 0.1) is 13.8 Å². The molecule has 4 rings (SSSR count). The Bertz CT molecular complexity index is 1140. The van der Waals surface area contributed by atoms with E-state index in [2.05, 4.69) is 29.9 Å². The van der Waals surface area contributed by atoms with Gasteiger partial charge in [0.05, 0.1) is 0 Å². The molecule has 7 nitrogen and oxygen atoms in total. The molecule has 2 N–H and O–H groups in total. The SMILES string of the molecule is Cc1cc(-c2nc3c(=O)cc[nH]c3nc2-c2ncc(C)[nH]2)cc(Cl)n1. The summed E-state index contributed by atoms with van der Waals surface area (Å²) in [5.41, 5.74) is 3.87. The highest BCUT2D eigenvalue weighted by Gasteiger charge is 2.17. The van der Waals surface area contributed by atoms with Crippen molar-refractivity contribution in [3.05, 3.63) is 57.4 Å². The lowest BCUT2D eigenvalue weighted by Gasteiger charge is -2.09. The van der Waals surface area contributed by atoms with Crippen molar-refractivity contribution < 1.29 is 0 Å². The minimum Gasteiger partial charge on any atom is -0.345 e. The number of nitrogens with zero attached hydrogens (tertiary/aromatic N) is 4. The van der Waals surface area contributed by atoms with Crippen molar-refractivity contribution in [2.45, 2.75) is 13.8 Å². The zero-order chi connectivity index (χ0) is 17.6. The largest absolute Gasteiger partial charge is 0.345 e. The molecule has 0 saturated carbocycles. The van der Waals surface area contributed by atoms with Crippen LogP contribution in [0.5, 0.6) is 0 Å². The van der Waals surface area contributed by atoms with Crippen LogP contribution in [0.3, 0.4) is 0 Å². The fourth-order valence-corrected chi connectivity index (χ4v) is 2.90. The van der Waals surface area contributed by atoms with Gasteiger partial charge in [0.25, 0.3) is 0 Å². The average Bonchev–Trinajstić information content (AvgIpc) is 2.99. The zero-order valence-corrected chi connectivity index (χ0v) is 14.2. The summed E-state index contributed by atoms with van der Waals surface area (Å²) in [5, 5.41) is 0.348. The van der Waals surface area contributed by atoms with Crippen LogP contribution in [0.25, 0.3) is 33.9 Å². The highest BCUT2D eigenvalue weighted by Crippen LogP contribution is 2.29. The monoisotopic (exact) mass is 352 g/mol. The molecule has 0 spiro atoms. The van der Waals surface area contributed by atoms with E-state index in [9.17, 15) is 4.79 Å². The number of aromatic amines is 2. The van der Waals surface area contributed by atoms with E-state index >= 15 is 0 Å². The highest BCUT2D eigenvalue weighted by atomic mass is 35.5. The Morgan fingerprint density at radius 3 is 2.64 bits per heavy atom. The van der Waals surface area contributed by atoms with Crippen molar-refractivity contribution in [2.24, 2.45) is 0 Å². The molecule has 0 amide bonds. The van der Waals surface area contributed by atoms with Crippen LogP contribution in [0.2, 0.25) is 5.15 Å². The maximum absolute atomic E-state index is 12.2. The zero-order valence-electron chi connectivity index (χ0n) is 13.5. The highest BCUT2D eigenvalue weighted by molar-refractivity contribution is 6.29. The third-order valence-corrected chi connectivity index (χ3v) is 3.90. The van der Waals surface area contributed by atoms with Crippen molar-refractivity contribution >= 4 is 22.8 Å². The summed E-state index contributed by atoms with van der Waals surface area (Å²) in [6, 6.07) is 4.96. The molecular formula is C17H13ClN6O. The van der Waals surface area contributed by atoms with Gasteiger partial charge in [-0.25, -0.2) is 19.9 Å². The molecule has 4 aromatic rings. The summed E-state index contributed by atoms with van der Waals surface area (Å²) >= 11 is 6.10. The number of imidazole rings is 1. The first kappa shape index (κ1) is 15.5. The molecule has 0 radical (unpaired) electrons. The summed E-state index contributed by atoms with van der Waals surface area (Å²) in [6.45, 7) is 3.74. The van der Waals surface area contributed by atoms with Crippen molar-refractivity contribution in [1.82, 2.24) is 29.9 Å². The lowest BCUT2D eigenvalue weighted by Crippen LogP contribution is -2.07. The number of pyridine rings is 2. The van der Waals surface area contributed by atoms with Crippen LogP contribution in [-0.2, 0) is 0 Å². The van der Waals surface area contributed by atoms with E-state index in [1.807, 2.05) is 19.9 Å². The van der Waals surface area contributed by atoms with Crippen LogP contribution < -0.4 is 5.43 Å². The third-order valence-electron chi connectivity index (χ3n) is 3.71. The topological polar surface area (TPSA) is 100 Å². The number of aryl methyl sites for hydroxylation is 2. The van der Waals surface area contributed by atoms with Gasteiger partial charge in [0.2, 0.25) is 5.43 Å². The molecule has 0 aliphatic heterocycles. The number of halogens is 1. The van der Waals surface area contributed by atoms with Crippen molar-refractivity contribution in [3.8, 4) is 22.8 Å². The van der Waals surface area contributed by atoms with E-state index in [1.165, 1.54) is 6.07 Å². The fraction of sp³-hybridized carbons (Fsp3) is 0.118. The second-order valence-electron chi connectivity index (χ2n) is 5.69. The molecule has 0 aliphatic carbocycles. The van der Waals surface area contributed by atoms with E-state index in [0.717, 1.165) is 17.0 Å². The Kier molecular flexibility index (Phi) is 3.58. The molecule has 0 unspecified atom stereocenters. The number of H-pyrrole nitrogens is 2. The molecule has 0 aliphatic rings. The van der Waals surface area contributed by atoms with E-state index in [1.54, 1.807) is 18.5 Å². The second kappa shape index (κ2) is 5.78. The lowest BCUT2D eigenvalue weighted by molar-refractivity contribution is 1.16. The molecule has 124 valence electrons. The molecule has 0 atom stereocenters. The Balaban J connectivity index is 2.09. The van der Waals surface area contributed by atoms with E-state index in [0.29, 0.717) is 28.0 Å². The molecular weight excluding hydrogens is 340 g/mol. The Morgan fingerprint density at radius 1 is 1.08 bits per heavy atom. The van der Waals surface area contributed by atoms with Crippen LogP contribution >= 0.6 is 11.6 Å². The van der Waals surface area contributed by atoms with E-state index < -0.39 is 0 Å². The standard InChI is InChI=1S/C17H13ClN6O/c1-8-5-10(6-12(18)21-8)13-15(17-20-7-9(2)22-17)24-16-14(23-13)11(25)3-4-19-16/h3-7H,1-2H3,(H,20,22)(H,19,24,25). The minimum atomic E-state index is -0.207. The first-order valence-electron chi connectivity index (χ1n) is 7.57. The summed E-state index contributed by atoms with van der Waals surface area (Å²) in [6.07, 6.45) is 3.26. The van der Waals surface area contributed by atoms with Crippen LogP contribution in [0.4, 0.5) is 0 Å². The normalized spacial score (nSPS) is 11.2. The molecule has 0 fully saturated rings. The summed E-state index contributed by atoms with van der Waals surface area (Å²) in [5.74, 6) is 0.567. The minimum absolute atomic E-state index is 0.207. The van der Waals surface area contributed by atoms with Gasteiger partial charge in [0.15, 0.2) is 17.0 Å². The van der Waals surface area contributed by atoms with Crippen molar-refractivity contribution in [3.63, 3.8) is 0 Å². The smallest absolute Gasteiger partial charge is 0.209 e. The maximum atomic E-state index is 12.2. The summed E-state index contributed by atoms with van der Waals surface area (Å²) in [7, 11) is 0. The lowest BCUT2D eigenvalue weighted by atomic mass is 10.1. The maximum Gasteiger partial charge on any atom is 0.209 e. The quantitative estimate of drug-likeness (QED) is 0.540. The molecule has 0 bridgehead atoms. The van der Waals surface area contributed by atoms with Crippen molar-refractivity contribution in [2.75, 3.05) is 0 Å². The van der Waals surface area contributed by atoms with Gasteiger partial charge < -0.3 is 9.97 Å². The van der Waals surface area contributed by atoms with Gasteiger partial charge >= 0.3 is 0 Å². The number of hydrogen-bond acceptors (Lipinski definition) is 5. The van der Waals surface area contributed by atoms with E-state index in [4.69, 9.17) is 11.6 Å². The van der Waals surface area contributed by atoms with Gasteiger partial charge in [0.1, 0.15) is 16.5 Å². The average molecular weight is 353 g/mol. The van der Waals surface area contributed by atoms with Gasteiger partial charge in [-0.3, -0.25) is 4.79 Å². The Morgan fingerprint density at radius 2 is 1.92 bits per heavy atom. The van der Waals surface area contributed by atoms with Crippen LogP contribution in [-0.4, -0.2) is 29.9 Å². The van der Waals surface area contributed by atoms with Crippen LogP contribution in [0.15, 0.2) is 35.4 Å². The van der Waals surface area contributed by atoms with Gasteiger partial charge in [-0.1, -0.05) is 11.6 Å². The number of nitrogens with one attached hydrogen (secondary N) is 2. The predicted molar refractivity (Wildman–Crippen MR) is 95.5 cm³/mol. The fourth-order valence-electron chi connectivity index (χ4n) is 2.65. The number of aromatic nitrogens is 6. The predicted octanol–water partition coefficient (Wildman–Crippen LogP) is 3.04. The molecule has 0 aromatic carbocycles. The molecule has 4 heterocycles. The molecule has 8 heteroatoms. The second-order valence-corrected chi connectivity index (χ2v) is 6.08. The number of rotatable bonds is 2. The first-order valence-corrected chi connectivity index (χ1v) is 7.95. The third kappa shape index (κ3) is 2.78. The van der Waals surface area contributed by atoms with Gasteiger partial charge in [-0.15, -0.1) is 0 Å². The summed E-state index contributed by atoms with van der Waals surface area (Å²) < 4.78 is 0. The number of hydrogen-bond donors (Lipinski definition) is 2. The Labute approximate surface area is 147 Å². The van der Waals surface area contributed by atoms with Crippen molar-refractivity contribution in [1.29, 1.82) is 0 Å². The molecule has 4 aromatic heterocycles. The van der Waals surface area contributed by atoms with Gasteiger partial charge in [-0.2, -0.15) is 0 Å². The van der Waals surface area contributed by atoms with Crippen LogP contribution in [0.1, 0.15) is 11.4 Å². The van der Waals surface area contributed by atoms with Gasteiger partial charge in [0, 0.05) is 35.4 Å². The first-order chi connectivity index (χ1) is 12.0. The summed E-state index contributed by atoms with van der Waals surface area (Å²) in [4.78, 5) is 35.9. The van der Waals surface area contributed by atoms with Gasteiger partial charge in [-0.05, 0) is 26.0 Å². The van der Waals surface area contributed by atoms with E-state index in [-0.39, 0.29) is 10.9 Å². The molecule has 0 saturated heterocycles. The number of fused-ring (bicyclic) bond motifs is 1. The molecule has 25 heavy (non-hydrogen) atoms. The Hall–Kier alpha value is -3.06.